The van der Waals surface area contributed by atoms with Crippen molar-refractivity contribution in [3.8, 4) is 11.8 Å². The van der Waals surface area contributed by atoms with Gasteiger partial charge >= 0.3 is 0 Å². The average Bonchev–Trinajstić information content (AvgIpc) is 3.03. The van der Waals surface area contributed by atoms with Crippen LogP contribution in [0.1, 0.15) is 11.1 Å². The third-order valence-electron chi connectivity index (χ3n) is 3.42. The first-order chi connectivity index (χ1) is 11.2. The van der Waals surface area contributed by atoms with Crippen LogP contribution in [0.25, 0.3) is 17.3 Å². The Kier molecular flexibility index (Phi) is 4.52. The molecule has 1 heterocycles. The Morgan fingerprint density at radius 3 is 2.52 bits per heavy atom. The lowest BCUT2D eigenvalue weighted by molar-refractivity contribution is 1.08. The zero-order chi connectivity index (χ0) is 16.2. The highest BCUT2D eigenvalue weighted by Crippen LogP contribution is 2.28. The van der Waals surface area contributed by atoms with Gasteiger partial charge in [-0.2, -0.15) is 5.26 Å². The molecule has 0 N–H and O–H groups in total. The van der Waals surface area contributed by atoms with Gasteiger partial charge in [-0.05, 0) is 42.0 Å². The van der Waals surface area contributed by atoms with E-state index in [-0.39, 0.29) is 0 Å². The lowest BCUT2D eigenvalue weighted by Gasteiger charge is -2.03. The lowest BCUT2D eigenvalue weighted by Crippen LogP contribution is -1.88. The fourth-order valence-electron chi connectivity index (χ4n) is 2.30. The molecule has 0 saturated carbocycles. The molecule has 0 radical (unpaired) electrons. The quantitative estimate of drug-likeness (QED) is 0.550. The average molecular weight is 339 g/mol. The van der Waals surface area contributed by atoms with E-state index in [1.807, 2.05) is 59.4 Å². The molecular weight excluding hydrogens is 327 g/mol. The van der Waals surface area contributed by atoms with Gasteiger partial charge in [-0.3, -0.25) is 0 Å². The normalized spacial score (nSPS) is 11.3. The van der Waals surface area contributed by atoms with Crippen LogP contribution < -0.4 is 0 Å². The lowest BCUT2D eigenvalue weighted by atomic mass is 10.1. The maximum absolute atomic E-state index is 9.44. The summed E-state index contributed by atoms with van der Waals surface area (Å²) in [6.45, 7) is 0. The number of allylic oxidation sites excluding steroid dienone is 1. The first-order valence-corrected chi connectivity index (χ1v) is 7.73. The second kappa shape index (κ2) is 6.75. The number of nitriles is 1. The van der Waals surface area contributed by atoms with E-state index >= 15 is 0 Å². The van der Waals surface area contributed by atoms with Gasteiger partial charge in [0.25, 0.3) is 0 Å². The zero-order valence-corrected chi connectivity index (χ0v) is 13.6. The van der Waals surface area contributed by atoms with Gasteiger partial charge in [0.05, 0.1) is 16.7 Å². The molecule has 1 aromatic heterocycles. The van der Waals surface area contributed by atoms with E-state index in [1.54, 1.807) is 18.2 Å². The van der Waals surface area contributed by atoms with E-state index in [1.165, 1.54) is 0 Å². The fourth-order valence-corrected chi connectivity index (χ4v) is 2.81. The van der Waals surface area contributed by atoms with Crippen LogP contribution in [0.2, 0.25) is 10.0 Å². The molecule has 0 bridgehead atoms. The predicted molar refractivity (Wildman–Crippen MR) is 95.7 cm³/mol. The summed E-state index contributed by atoms with van der Waals surface area (Å²) in [7, 11) is 0. The van der Waals surface area contributed by atoms with Gasteiger partial charge in [-0.1, -0.05) is 47.5 Å². The summed E-state index contributed by atoms with van der Waals surface area (Å²) in [5.41, 5.74) is 3.16. The Bertz CT molecular complexity index is 903. The molecule has 3 rings (SSSR count). The van der Waals surface area contributed by atoms with Crippen molar-refractivity contribution in [3.63, 3.8) is 0 Å². The maximum atomic E-state index is 9.44. The second-order valence-electron chi connectivity index (χ2n) is 4.98. The molecule has 0 saturated heterocycles. The van der Waals surface area contributed by atoms with Gasteiger partial charge in [-0.15, -0.1) is 0 Å². The Morgan fingerprint density at radius 1 is 1.04 bits per heavy atom. The van der Waals surface area contributed by atoms with E-state index in [0.29, 0.717) is 21.2 Å². The summed E-state index contributed by atoms with van der Waals surface area (Å²) in [5, 5.41) is 10.5. The van der Waals surface area contributed by atoms with Crippen LogP contribution in [-0.4, -0.2) is 4.57 Å². The minimum atomic E-state index is 0.466. The first kappa shape index (κ1) is 15.4. The highest BCUT2D eigenvalue weighted by molar-refractivity contribution is 6.36. The number of hydrogen-bond acceptors (Lipinski definition) is 1. The maximum Gasteiger partial charge on any atom is 0.0998 e. The Morgan fingerprint density at radius 2 is 1.83 bits per heavy atom. The molecule has 0 spiro atoms. The van der Waals surface area contributed by atoms with Crippen LogP contribution in [0.4, 0.5) is 0 Å². The fraction of sp³-hybridized carbons (Fsp3) is 0. The number of para-hydroxylation sites is 1. The topological polar surface area (TPSA) is 28.7 Å². The molecule has 112 valence electrons. The molecule has 4 heteroatoms. The number of benzene rings is 2. The molecular formula is C19H12Cl2N2. The molecule has 0 aliphatic rings. The standard InChI is InChI=1S/C19H12Cl2N2/c20-16-6-7-18(19(21)11-16)15(12-22)10-14-8-9-23(13-14)17-4-2-1-3-5-17/h1-11,13H/b15-10+. The summed E-state index contributed by atoms with van der Waals surface area (Å²) in [4.78, 5) is 0. The molecule has 0 atom stereocenters. The minimum Gasteiger partial charge on any atom is -0.323 e. The number of aromatic nitrogens is 1. The molecule has 0 amide bonds. The van der Waals surface area contributed by atoms with Crippen molar-refractivity contribution in [1.29, 1.82) is 5.26 Å². The van der Waals surface area contributed by atoms with E-state index in [0.717, 1.165) is 11.3 Å². The summed E-state index contributed by atoms with van der Waals surface area (Å²) in [6, 6.07) is 19.3. The number of rotatable bonds is 3. The van der Waals surface area contributed by atoms with E-state index in [9.17, 15) is 5.26 Å². The number of nitrogens with zero attached hydrogens (tertiary/aromatic N) is 2. The van der Waals surface area contributed by atoms with Crippen LogP contribution in [0, 0.1) is 11.3 Å². The van der Waals surface area contributed by atoms with Gasteiger partial charge in [0, 0.05) is 28.7 Å². The van der Waals surface area contributed by atoms with Crippen molar-refractivity contribution in [2.24, 2.45) is 0 Å². The summed E-state index contributed by atoms with van der Waals surface area (Å²) in [6.07, 6.45) is 5.74. The van der Waals surface area contributed by atoms with Crippen molar-refractivity contribution >= 4 is 34.9 Å². The Labute approximate surface area is 144 Å². The van der Waals surface area contributed by atoms with Gasteiger partial charge < -0.3 is 4.57 Å². The van der Waals surface area contributed by atoms with E-state index in [2.05, 4.69) is 6.07 Å². The molecule has 2 nitrogen and oxygen atoms in total. The van der Waals surface area contributed by atoms with Gasteiger partial charge in [-0.25, -0.2) is 0 Å². The molecule has 0 unspecified atom stereocenters. The monoisotopic (exact) mass is 338 g/mol. The summed E-state index contributed by atoms with van der Waals surface area (Å²) >= 11 is 12.1. The van der Waals surface area contributed by atoms with Crippen LogP contribution in [0.3, 0.4) is 0 Å². The van der Waals surface area contributed by atoms with Crippen molar-refractivity contribution in [3.05, 3.63) is 88.2 Å². The molecule has 0 fully saturated rings. The van der Waals surface area contributed by atoms with Crippen LogP contribution in [-0.2, 0) is 0 Å². The molecule has 0 aliphatic carbocycles. The smallest absolute Gasteiger partial charge is 0.0998 e. The second-order valence-corrected chi connectivity index (χ2v) is 5.83. The SMILES string of the molecule is N#C/C(=C\c1ccn(-c2ccccc2)c1)c1ccc(Cl)cc1Cl. The summed E-state index contributed by atoms with van der Waals surface area (Å²) in [5.74, 6) is 0. The minimum absolute atomic E-state index is 0.466. The van der Waals surface area contributed by atoms with E-state index < -0.39 is 0 Å². The molecule has 2 aromatic carbocycles. The first-order valence-electron chi connectivity index (χ1n) is 6.98. The third-order valence-corrected chi connectivity index (χ3v) is 3.97. The van der Waals surface area contributed by atoms with Gasteiger partial charge in [0.1, 0.15) is 0 Å². The molecule has 0 aliphatic heterocycles. The number of hydrogen-bond donors (Lipinski definition) is 0. The molecule has 23 heavy (non-hydrogen) atoms. The Hall–Kier alpha value is -2.47. The van der Waals surface area contributed by atoms with Crippen LogP contribution >= 0.6 is 23.2 Å². The van der Waals surface area contributed by atoms with Crippen molar-refractivity contribution < 1.29 is 0 Å². The highest BCUT2D eigenvalue weighted by atomic mass is 35.5. The van der Waals surface area contributed by atoms with Gasteiger partial charge in [0.15, 0.2) is 0 Å². The number of halogens is 2. The van der Waals surface area contributed by atoms with Crippen molar-refractivity contribution in [1.82, 2.24) is 4.57 Å². The summed E-state index contributed by atoms with van der Waals surface area (Å²) < 4.78 is 2.00. The van der Waals surface area contributed by atoms with E-state index in [4.69, 9.17) is 23.2 Å². The largest absolute Gasteiger partial charge is 0.323 e. The highest BCUT2D eigenvalue weighted by Gasteiger charge is 2.07. The predicted octanol–water partition coefficient (Wildman–Crippen LogP) is 5.85. The zero-order valence-electron chi connectivity index (χ0n) is 12.1. The third kappa shape index (κ3) is 3.48. The van der Waals surface area contributed by atoms with Crippen LogP contribution in [0.15, 0.2) is 67.0 Å². The van der Waals surface area contributed by atoms with Crippen LogP contribution in [0.5, 0.6) is 0 Å². The van der Waals surface area contributed by atoms with Crippen molar-refractivity contribution in [2.75, 3.05) is 0 Å². The Balaban J connectivity index is 1.97. The van der Waals surface area contributed by atoms with Gasteiger partial charge in [0.2, 0.25) is 0 Å². The molecule has 3 aromatic rings. The van der Waals surface area contributed by atoms with Crippen molar-refractivity contribution in [2.45, 2.75) is 0 Å².